The smallest absolute Gasteiger partial charge is 0.312 e. The molecular weight excluding hydrogens is 334 g/mol. The van der Waals surface area contributed by atoms with Gasteiger partial charge in [0.1, 0.15) is 0 Å². The van der Waals surface area contributed by atoms with E-state index >= 15 is 0 Å². The van der Waals surface area contributed by atoms with Gasteiger partial charge >= 0.3 is 12.0 Å². The number of nitrogens with two attached hydrogens (primary N) is 1. The Morgan fingerprint density at radius 2 is 1.88 bits per heavy atom. The lowest BCUT2D eigenvalue weighted by molar-refractivity contribution is -0.159. The number of nitrogens with zero attached hydrogens (tertiary/aromatic N) is 1. The number of esters is 1. The molecule has 7 heteroatoms. The summed E-state index contributed by atoms with van der Waals surface area (Å²) in [5.74, 6) is -0.128. The molecule has 1 saturated heterocycles. The van der Waals surface area contributed by atoms with E-state index in [0.717, 1.165) is 19.3 Å². The second-order valence-electron chi connectivity index (χ2n) is 6.63. The van der Waals surface area contributed by atoms with Crippen LogP contribution in [-0.4, -0.2) is 48.5 Å². The summed E-state index contributed by atoms with van der Waals surface area (Å²) in [5.41, 5.74) is 6.25. The molecule has 1 heterocycles. The summed E-state index contributed by atoms with van der Waals surface area (Å²) in [6.45, 7) is 3.04. The zero-order chi connectivity index (χ0) is 18.9. The highest BCUT2D eigenvalue weighted by atomic mass is 16.5. The van der Waals surface area contributed by atoms with Crippen molar-refractivity contribution in [3.05, 3.63) is 35.9 Å². The van der Waals surface area contributed by atoms with E-state index in [0.29, 0.717) is 19.0 Å². The zero-order valence-corrected chi connectivity index (χ0v) is 15.1. The average molecular weight is 361 g/mol. The molecule has 0 radical (unpaired) electrons. The lowest BCUT2D eigenvalue weighted by Crippen LogP contribution is -2.44. The second-order valence-corrected chi connectivity index (χ2v) is 6.63. The van der Waals surface area contributed by atoms with Crippen molar-refractivity contribution in [2.24, 2.45) is 11.7 Å². The fourth-order valence-corrected chi connectivity index (χ4v) is 3.16. The predicted octanol–water partition coefficient (Wildman–Crippen LogP) is 1.46. The topological polar surface area (TPSA) is 102 Å². The number of carbonyl (C=O) groups excluding carboxylic acids is 3. The molecule has 1 aromatic rings. The Labute approximate surface area is 153 Å². The lowest BCUT2D eigenvalue weighted by Gasteiger charge is -2.33. The Kier molecular flexibility index (Phi) is 7.44. The minimum Gasteiger partial charge on any atom is -0.452 e. The first-order valence-electron chi connectivity index (χ1n) is 9.01. The number of carbonyl (C=O) groups is 3. The summed E-state index contributed by atoms with van der Waals surface area (Å²) >= 11 is 0. The van der Waals surface area contributed by atoms with Gasteiger partial charge in [-0.2, -0.15) is 0 Å². The summed E-state index contributed by atoms with van der Waals surface area (Å²) in [7, 11) is 0. The number of piperidine rings is 1. The first kappa shape index (κ1) is 19.8. The van der Waals surface area contributed by atoms with Crippen LogP contribution in [0.2, 0.25) is 0 Å². The number of ether oxygens (including phenoxy) is 1. The fraction of sp³-hybridized carbons (Fsp3) is 0.526. The Hall–Kier alpha value is -2.57. The van der Waals surface area contributed by atoms with Crippen LogP contribution in [0.1, 0.15) is 31.7 Å². The number of urea groups is 1. The van der Waals surface area contributed by atoms with Gasteiger partial charge in [-0.1, -0.05) is 30.3 Å². The van der Waals surface area contributed by atoms with Crippen molar-refractivity contribution in [2.75, 3.05) is 19.6 Å². The van der Waals surface area contributed by atoms with E-state index in [1.807, 2.05) is 18.2 Å². The van der Waals surface area contributed by atoms with E-state index in [1.165, 1.54) is 5.56 Å². The number of amides is 3. The van der Waals surface area contributed by atoms with Crippen molar-refractivity contribution < 1.29 is 19.1 Å². The van der Waals surface area contributed by atoms with Gasteiger partial charge in [0.25, 0.3) is 5.91 Å². The van der Waals surface area contributed by atoms with Gasteiger partial charge in [0, 0.05) is 19.6 Å². The van der Waals surface area contributed by atoms with Crippen molar-refractivity contribution in [1.82, 2.24) is 10.2 Å². The number of primary amides is 1. The van der Waals surface area contributed by atoms with E-state index in [1.54, 1.807) is 11.8 Å². The van der Waals surface area contributed by atoms with E-state index in [4.69, 9.17) is 10.5 Å². The number of hydrogen-bond acceptors (Lipinski definition) is 4. The van der Waals surface area contributed by atoms with Crippen molar-refractivity contribution >= 4 is 17.9 Å². The monoisotopic (exact) mass is 361 g/mol. The summed E-state index contributed by atoms with van der Waals surface area (Å²) in [4.78, 5) is 36.5. The minimum atomic E-state index is -0.818. The van der Waals surface area contributed by atoms with Crippen LogP contribution in [0.4, 0.5) is 4.79 Å². The minimum absolute atomic E-state index is 0.0142. The molecule has 3 N–H and O–H groups in total. The molecular formula is C19H27N3O4. The number of nitrogens with one attached hydrogen (secondary N) is 1. The molecule has 2 rings (SSSR count). The molecule has 1 fully saturated rings. The standard InChI is InChI=1S/C19H27N3O4/c1-14(26-17(23)7-10-21-19(20)25)18(24)22-11-8-16(9-12-22)13-15-5-3-2-4-6-15/h2-6,14,16H,7-13H2,1H3,(H3,20,21,25)/t14-/m0/s1. The normalized spacial score (nSPS) is 16.0. The van der Waals surface area contributed by atoms with Crippen LogP contribution in [0.3, 0.4) is 0 Å². The highest BCUT2D eigenvalue weighted by Crippen LogP contribution is 2.22. The number of benzene rings is 1. The zero-order valence-electron chi connectivity index (χ0n) is 15.1. The summed E-state index contributed by atoms with van der Waals surface area (Å²) in [5, 5.41) is 2.31. The van der Waals surface area contributed by atoms with Crippen LogP contribution in [0.15, 0.2) is 30.3 Å². The summed E-state index contributed by atoms with van der Waals surface area (Å²) in [6.07, 6.45) is 2.09. The molecule has 0 aliphatic carbocycles. The molecule has 3 amide bonds. The van der Waals surface area contributed by atoms with Crippen molar-refractivity contribution in [3.63, 3.8) is 0 Å². The van der Waals surface area contributed by atoms with Crippen molar-refractivity contribution in [3.8, 4) is 0 Å². The van der Waals surface area contributed by atoms with Gasteiger partial charge in [-0.05, 0) is 37.7 Å². The molecule has 0 unspecified atom stereocenters. The lowest BCUT2D eigenvalue weighted by atomic mass is 9.90. The van der Waals surface area contributed by atoms with Crippen LogP contribution < -0.4 is 11.1 Å². The summed E-state index contributed by atoms with van der Waals surface area (Å²) in [6, 6.07) is 9.67. The third-order valence-corrected chi connectivity index (χ3v) is 4.58. The van der Waals surface area contributed by atoms with Gasteiger partial charge in [-0.15, -0.1) is 0 Å². The molecule has 142 valence electrons. The van der Waals surface area contributed by atoms with Gasteiger partial charge in [0.2, 0.25) is 0 Å². The highest BCUT2D eigenvalue weighted by molar-refractivity contribution is 5.83. The molecule has 1 aromatic carbocycles. The summed E-state index contributed by atoms with van der Waals surface area (Å²) < 4.78 is 5.15. The van der Waals surface area contributed by atoms with Gasteiger partial charge in [0.15, 0.2) is 6.10 Å². The Balaban J connectivity index is 1.71. The predicted molar refractivity (Wildman–Crippen MR) is 97.2 cm³/mol. The van der Waals surface area contributed by atoms with E-state index in [9.17, 15) is 14.4 Å². The number of hydrogen-bond donors (Lipinski definition) is 2. The fourth-order valence-electron chi connectivity index (χ4n) is 3.16. The van der Waals surface area contributed by atoms with Gasteiger partial charge < -0.3 is 20.7 Å². The Bertz CT molecular complexity index is 612. The maximum absolute atomic E-state index is 12.4. The second kappa shape index (κ2) is 9.79. The molecule has 7 nitrogen and oxygen atoms in total. The largest absolute Gasteiger partial charge is 0.452 e. The maximum atomic E-state index is 12.4. The van der Waals surface area contributed by atoms with Crippen LogP contribution in [0.25, 0.3) is 0 Å². The molecule has 1 atom stereocenters. The molecule has 1 aliphatic rings. The maximum Gasteiger partial charge on any atom is 0.312 e. The van der Waals surface area contributed by atoms with Crippen LogP contribution in [-0.2, 0) is 20.7 Å². The van der Waals surface area contributed by atoms with Crippen LogP contribution in [0, 0.1) is 5.92 Å². The average Bonchev–Trinajstić information content (AvgIpc) is 2.62. The SMILES string of the molecule is C[C@H](OC(=O)CCNC(N)=O)C(=O)N1CCC(Cc2ccccc2)CC1. The van der Waals surface area contributed by atoms with Gasteiger partial charge in [-0.25, -0.2) is 4.79 Å². The van der Waals surface area contributed by atoms with Crippen LogP contribution >= 0.6 is 0 Å². The quantitative estimate of drug-likeness (QED) is 0.718. The number of rotatable bonds is 7. The molecule has 0 spiro atoms. The Morgan fingerprint density at radius 1 is 1.23 bits per heavy atom. The van der Waals surface area contributed by atoms with E-state index in [2.05, 4.69) is 17.4 Å². The first-order chi connectivity index (χ1) is 12.5. The van der Waals surface area contributed by atoms with Crippen molar-refractivity contribution in [1.29, 1.82) is 0 Å². The van der Waals surface area contributed by atoms with E-state index < -0.39 is 18.1 Å². The highest BCUT2D eigenvalue weighted by Gasteiger charge is 2.28. The molecule has 1 aliphatic heterocycles. The molecule has 0 saturated carbocycles. The van der Waals surface area contributed by atoms with Crippen molar-refractivity contribution in [2.45, 2.75) is 38.7 Å². The van der Waals surface area contributed by atoms with Gasteiger partial charge in [-0.3, -0.25) is 9.59 Å². The third-order valence-electron chi connectivity index (χ3n) is 4.58. The molecule has 0 bridgehead atoms. The first-order valence-corrected chi connectivity index (χ1v) is 9.01. The van der Waals surface area contributed by atoms with Crippen LogP contribution in [0.5, 0.6) is 0 Å². The molecule has 26 heavy (non-hydrogen) atoms. The molecule has 0 aromatic heterocycles. The van der Waals surface area contributed by atoms with Gasteiger partial charge in [0.05, 0.1) is 6.42 Å². The third kappa shape index (κ3) is 6.38. The number of likely N-dealkylation sites (tertiary alicyclic amines) is 1. The van der Waals surface area contributed by atoms with E-state index in [-0.39, 0.29) is 18.9 Å². The Morgan fingerprint density at radius 3 is 2.50 bits per heavy atom.